The summed E-state index contributed by atoms with van der Waals surface area (Å²) in [5, 5.41) is 0. The van der Waals surface area contributed by atoms with E-state index in [1.54, 1.807) is 0 Å². The topological polar surface area (TPSA) is 3.24 Å². The van der Waals surface area contributed by atoms with Crippen LogP contribution in [0.3, 0.4) is 0 Å². The molecule has 12 rings (SSSR count). The Morgan fingerprint density at radius 3 is 1.43 bits per heavy atom. The smallest absolute Gasteiger partial charge is 0.0713 e. The highest BCUT2D eigenvalue weighted by atomic mass is 15.1. The van der Waals surface area contributed by atoms with E-state index in [1.165, 1.54) is 55.6 Å². The molecule has 0 aromatic heterocycles. The Balaban J connectivity index is 0.999. The Kier molecular flexibility index (Phi) is 7.93. The summed E-state index contributed by atoms with van der Waals surface area (Å²) < 4.78 is 42.3. The molecule has 0 bridgehead atoms. The number of hydrogen-bond donors (Lipinski definition) is 0. The van der Waals surface area contributed by atoms with Gasteiger partial charge in [0.2, 0.25) is 0 Å². The zero-order chi connectivity index (χ0) is 47.9. The summed E-state index contributed by atoms with van der Waals surface area (Å²) in [7, 11) is 0. The van der Waals surface area contributed by atoms with Crippen molar-refractivity contribution in [1.82, 2.24) is 0 Å². The van der Waals surface area contributed by atoms with Crippen LogP contribution in [0.2, 0.25) is 0 Å². The molecule has 0 amide bonds. The van der Waals surface area contributed by atoms with Crippen LogP contribution in [0.4, 0.5) is 17.1 Å². The van der Waals surface area contributed by atoms with E-state index in [2.05, 4.69) is 213 Å². The van der Waals surface area contributed by atoms with Gasteiger partial charge in [-0.2, -0.15) is 0 Å². The lowest BCUT2D eigenvalue weighted by molar-refractivity contribution is 0.660. The van der Waals surface area contributed by atoms with Gasteiger partial charge in [-0.15, -0.1) is 0 Å². The van der Waals surface area contributed by atoms with E-state index in [4.69, 9.17) is 6.85 Å². The maximum absolute atomic E-state index is 8.72. The van der Waals surface area contributed by atoms with Gasteiger partial charge in [0, 0.05) is 22.5 Å². The minimum absolute atomic E-state index is 0.142. The molecule has 0 heterocycles. The Morgan fingerprint density at radius 2 is 0.800 bits per heavy atom. The van der Waals surface area contributed by atoms with Crippen molar-refractivity contribution in [1.29, 1.82) is 0 Å². The molecule has 0 unspecified atom stereocenters. The number of rotatable bonds is 8. The van der Waals surface area contributed by atoms with E-state index in [-0.39, 0.29) is 35.1 Å². The highest BCUT2D eigenvalue weighted by Crippen LogP contribution is 2.56. The van der Waals surface area contributed by atoms with Gasteiger partial charge in [0.15, 0.2) is 0 Å². The van der Waals surface area contributed by atoms with Crippen molar-refractivity contribution in [3.8, 4) is 55.6 Å². The monoisotopic (exact) mass is 834 g/mol. The van der Waals surface area contributed by atoms with Crippen LogP contribution in [0.25, 0.3) is 55.6 Å². The molecule has 2 aliphatic rings. The third-order valence-corrected chi connectivity index (χ3v) is 13.8. The van der Waals surface area contributed by atoms with Crippen LogP contribution in [-0.4, -0.2) is 0 Å². The number of nitrogens with zero attached hydrogens (tertiary/aromatic N) is 1. The molecule has 65 heavy (non-hydrogen) atoms. The quantitative estimate of drug-likeness (QED) is 0.147. The molecular formula is C64H47N. The first-order valence-corrected chi connectivity index (χ1v) is 22.3. The van der Waals surface area contributed by atoms with Gasteiger partial charge in [-0.25, -0.2) is 0 Å². The van der Waals surface area contributed by atoms with Crippen molar-refractivity contribution < 1.29 is 6.85 Å². The molecule has 1 nitrogen and oxygen atoms in total. The summed E-state index contributed by atoms with van der Waals surface area (Å²) in [5.41, 5.74) is 19.8. The second-order valence-electron chi connectivity index (χ2n) is 17.7. The molecule has 2 aliphatic carbocycles. The van der Waals surface area contributed by atoms with Crippen LogP contribution in [0.5, 0.6) is 0 Å². The predicted octanol–water partition coefficient (Wildman–Crippen LogP) is 16.8. The van der Waals surface area contributed by atoms with Gasteiger partial charge in [0.1, 0.15) is 0 Å². The Bertz CT molecular complexity index is 3630. The zero-order valence-corrected chi connectivity index (χ0v) is 36.2. The third-order valence-electron chi connectivity index (χ3n) is 13.8. The predicted molar refractivity (Wildman–Crippen MR) is 272 cm³/mol. The largest absolute Gasteiger partial charge is 0.310 e. The SMILES string of the molecule is [2H]c1c([2H])c([2H])c(-c2ccc(N(c3cccc(-c4cccc(C5(c6ccccc6)c6ccccc6-c6ccccc65)c4)c3)c3cccc(-c4ccc5c(c4)C(C)(C)c4ccccc4-5)c3)cc2)c([2H])c1[2H]. The minimum atomic E-state index is -0.536. The second-order valence-corrected chi connectivity index (χ2v) is 17.7. The molecule has 0 radical (unpaired) electrons. The minimum Gasteiger partial charge on any atom is -0.310 e. The fraction of sp³-hybridized carbons (Fsp3) is 0.0625. The van der Waals surface area contributed by atoms with Crippen LogP contribution in [0.15, 0.2) is 249 Å². The molecule has 1 heteroatoms. The van der Waals surface area contributed by atoms with Gasteiger partial charge in [0.25, 0.3) is 0 Å². The molecule has 0 saturated carbocycles. The Labute approximate surface area is 389 Å². The third kappa shape index (κ3) is 6.22. The van der Waals surface area contributed by atoms with E-state index in [0.717, 1.165) is 39.3 Å². The summed E-state index contributed by atoms with van der Waals surface area (Å²) in [6, 6.07) is 76.5. The standard InChI is InChI=1S/C64H47N/c1-63(2)59-31-12-9-28-55(59)58-39-36-49(43-62(58)63)48-22-17-27-54(42-48)65(52-37-34-45(35-38-52)44-18-5-3-6-19-44)53-26-16-21-47(41-53)46-20-15-25-51(40-46)64(50-23-7-4-8-24-50)60-32-13-10-29-56(60)57-30-11-14-33-61(57)64/h3-43H,1-2H3/i3D,5D,6D,18D,19D. The molecule has 0 atom stereocenters. The van der Waals surface area contributed by atoms with E-state index in [1.807, 2.05) is 24.3 Å². The van der Waals surface area contributed by atoms with E-state index in [9.17, 15) is 0 Å². The summed E-state index contributed by atoms with van der Waals surface area (Å²) >= 11 is 0. The summed E-state index contributed by atoms with van der Waals surface area (Å²) in [6.45, 7) is 4.62. The number of benzene rings is 10. The summed E-state index contributed by atoms with van der Waals surface area (Å²) in [6.07, 6.45) is 0. The van der Waals surface area contributed by atoms with Gasteiger partial charge in [0.05, 0.1) is 12.3 Å². The molecule has 0 aliphatic heterocycles. The lowest BCUT2D eigenvalue weighted by Crippen LogP contribution is -2.28. The lowest BCUT2D eigenvalue weighted by Gasteiger charge is -2.34. The molecule has 0 saturated heterocycles. The van der Waals surface area contributed by atoms with Crippen LogP contribution < -0.4 is 4.90 Å². The van der Waals surface area contributed by atoms with Crippen LogP contribution >= 0.6 is 0 Å². The van der Waals surface area contributed by atoms with Crippen molar-refractivity contribution >= 4 is 17.1 Å². The molecule has 10 aromatic carbocycles. The molecular weight excluding hydrogens is 783 g/mol. The first kappa shape index (κ1) is 33.5. The maximum atomic E-state index is 8.72. The highest BCUT2D eigenvalue weighted by Gasteiger charge is 2.46. The van der Waals surface area contributed by atoms with E-state index < -0.39 is 11.5 Å². The van der Waals surface area contributed by atoms with Gasteiger partial charge in [-0.1, -0.05) is 214 Å². The second kappa shape index (κ2) is 15.4. The van der Waals surface area contributed by atoms with Crippen molar-refractivity contribution in [2.24, 2.45) is 0 Å². The highest BCUT2D eigenvalue weighted by molar-refractivity contribution is 5.89. The van der Waals surface area contributed by atoms with Crippen molar-refractivity contribution in [2.75, 3.05) is 4.90 Å². The fourth-order valence-corrected chi connectivity index (χ4v) is 10.8. The molecule has 10 aromatic rings. The van der Waals surface area contributed by atoms with Crippen LogP contribution in [0.1, 0.15) is 54.1 Å². The van der Waals surface area contributed by atoms with Crippen molar-refractivity contribution in [3.05, 3.63) is 282 Å². The molecule has 0 N–H and O–H groups in total. The number of anilines is 3. The molecule has 0 fully saturated rings. The number of hydrogen-bond acceptors (Lipinski definition) is 1. The van der Waals surface area contributed by atoms with Crippen molar-refractivity contribution in [2.45, 2.75) is 24.7 Å². The summed E-state index contributed by atoms with van der Waals surface area (Å²) in [4.78, 5) is 2.24. The lowest BCUT2D eigenvalue weighted by atomic mass is 9.67. The van der Waals surface area contributed by atoms with E-state index in [0.29, 0.717) is 5.56 Å². The van der Waals surface area contributed by atoms with Gasteiger partial charge < -0.3 is 4.90 Å². The normalized spacial score (nSPS) is 14.7. The summed E-state index contributed by atoms with van der Waals surface area (Å²) in [5.74, 6) is 0. The molecule has 0 spiro atoms. The van der Waals surface area contributed by atoms with E-state index >= 15 is 0 Å². The average Bonchev–Trinajstić information content (AvgIpc) is 3.84. The first-order chi connectivity index (χ1) is 34.0. The Hall–Kier alpha value is -8.00. The van der Waals surface area contributed by atoms with Crippen LogP contribution in [0, 0.1) is 0 Å². The Morgan fingerprint density at radius 1 is 0.323 bits per heavy atom. The van der Waals surface area contributed by atoms with Gasteiger partial charge >= 0.3 is 0 Å². The number of fused-ring (bicyclic) bond motifs is 6. The first-order valence-electron chi connectivity index (χ1n) is 24.8. The maximum Gasteiger partial charge on any atom is 0.0713 e. The average molecular weight is 835 g/mol. The fourth-order valence-electron chi connectivity index (χ4n) is 10.8. The van der Waals surface area contributed by atoms with Gasteiger partial charge in [-0.05, 0) is 138 Å². The molecule has 308 valence electrons. The van der Waals surface area contributed by atoms with Crippen molar-refractivity contribution in [3.63, 3.8) is 0 Å². The zero-order valence-electron chi connectivity index (χ0n) is 41.2. The van der Waals surface area contributed by atoms with Gasteiger partial charge in [-0.3, -0.25) is 0 Å². The van der Waals surface area contributed by atoms with Crippen LogP contribution in [-0.2, 0) is 10.8 Å².